The van der Waals surface area contributed by atoms with E-state index in [2.05, 4.69) is 4.98 Å². The summed E-state index contributed by atoms with van der Waals surface area (Å²) >= 11 is 0. The number of benzene rings is 2. The maximum atomic E-state index is 12.0. The molecule has 4 nitrogen and oxygen atoms in total. The van der Waals surface area contributed by atoms with Crippen LogP contribution in [0.25, 0.3) is 16.7 Å². The smallest absolute Gasteiger partial charge is 0.331 e. The van der Waals surface area contributed by atoms with Gasteiger partial charge in [-0.25, -0.2) is 4.79 Å². The third-order valence-electron chi connectivity index (χ3n) is 2.97. The molecule has 0 spiro atoms. The molecule has 4 heteroatoms. The maximum Gasteiger partial charge on any atom is 0.331 e. The molecule has 0 saturated heterocycles. The maximum absolute atomic E-state index is 12.0. The largest absolute Gasteiger partial charge is 0.392 e. The summed E-state index contributed by atoms with van der Waals surface area (Å²) in [6, 6.07) is 14.8. The van der Waals surface area contributed by atoms with Crippen LogP contribution in [0.15, 0.2) is 53.3 Å². The van der Waals surface area contributed by atoms with Gasteiger partial charge in [0.25, 0.3) is 0 Å². The highest BCUT2D eigenvalue weighted by Crippen LogP contribution is 2.15. The number of fused-ring (bicyclic) bond motifs is 1. The molecule has 0 saturated carbocycles. The molecule has 0 unspecified atom stereocenters. The van der Waals surface area contributed by atoms with Crippen LogP contribution < -0.4 is 5.69 Å². The van der Waals surface area contributed by atoms with E-state index in [9.17, 15) is 4.79 Å². The van der Waals surface area contributed by atoms with E-state index in [-0.39, 0.29) is 12.3 Å². The van der Waals surface area contributed by atoms with Crippen LogP contribution in [0.4, 0.5) is 0 Å². The van der Waals surface area contributed by atoms with E-state index in [0.29, 0.717) is 0 Å². The molecule has 0 fully saturated rings. The van der Waals surface area contributed by atoms with Gasteiger partial charge in [-0.2, -0.15) is 0 Å². The molecule has 0 radical (unpaired) electrons. The van der Waals surface area contributed by atoms with Gasteiger partial charge in [-0.1, -0.05) is 24.3 Å². The number of aliphatic hydroxyl groups excluding tert-OH is 1. The van der Waals surface area contributed by atoms with Crippen LogP contribution in [0.1, 0.15) is 5.56 Å². The normalized spacial score (nSPS) is 10.9. The summed E-state index contributed by atoms with van der Waals surface area (Å²) in [5.74, 6) is 0. The predicted molar refractivity (Wildman–Crippen MR) is 69.8 cm³/mol. The van der Waals surface area contributed by atoms with Crippen molar-refractivity contribution in [1.29, 1.82) is 0 Å². The minimum absolute atomic E-state index is 0.00304. The first-order chi connectivity index (χ1) is 8.79. The van der Waals surface area contributed by atoms with Gasteiger partial charge in [-0.3, -0.25) is 4.57 Å². The van der Waals surface area contributed by atoms with Crippen molar-refractivity contribution >= 4 is 11.0 Å². The molecule has 0 atom stereocenters. The Labute approximate surface area is 103 Å². The average Bonchev–Trinajstić information content (AvgIpc) is 2.75. The Morgan fingerprint density at radius 2 is 1.78 bits per heavy atom. The molecule has 0 amide bonds. The second kappa shape index (κ2) is 4.16. The van der Waals surface area contributed by atoms with Crippen LogP contribution in [0, 0.1) is 0 Å². The number of imidazole rings is 1. The molecule has 0 aliphatic rings. The zero-order chi connectivity index (χ0) is 12.5. The third kappa shape index (κ3) is 1.63. The fourth-order valence-electron chi connectivity index (χ4n) is 2.06. The monoisotopic (exact) mass is 240 g/mol. The lowest BCUT2D eigenvalue weighted by Crippen LogP contribution is -2.14. The van der Waals surface area contributed by atoms with Crippen LogP contribution in [0.2, 0.25) is 0 Å². The fourth-order valence-corrected chi connectivity index (χ4v) is 2.06. The number of rotatable bonds is 2. The number of hydrogen-bond donors (Lipinski definition) is 2. The van der Waals surface area contributed by atoms with Crippen LogP contribution in [-0.4, -0.2) is 14.7 Å². The van der Waals surface area contributed by atoms with Gasteiger partial charge in [-0.15, -0.1) is 0 Å². The Kier molecular flexibility index (Phi) is 2.50. The van der Waals surface area contributed by atoms with Crippen LogP contribution in [0.5, 0.6) is 0 Å². The van der Waals surface area contributed by atoms with E-state index < -0.39 is 0 Å². The number of aromatic amines is 1. The number of para-hydroxylation sites is 2. The summed E-state index contributed by atoms with van der Waals surface area (Å²) in [5, 5.41) is 9.01. The molecule has 2 N–H and O–H groups in total. The molecule has 0 bridgehead atoms. The summed E-state index contributed by atoms with van der Waals surface area (Å²) in [7, 11) is 0. The van der Waals surface area contributed by atoms with Crippen molar-refractivity contribution in [2.75, 3.05) is 0 Å². The molecule has 1 aromatic heterocycles. The van der Waals surface area contributed by atoms with Crippen molar-refractivity contribution in [3.8, 4) is 5.69 Å². The van der Waals surface area contributed by atoms with Crippen molar-refractivity contribution < 1.29 is 5.11 Å². The van der Waals surface area contributed by atoms with Gasteiger partial charge in [0, 0.05) is 0 Å². The molecular formula is C14H12N2O2. The second-order valence-electron chi connectivity index (χ2n) is 4.11. The highest BCUT2D eigenvalue weighted by atomic mass is 16.3. The van der Waals surface area contributed by atoms with Crippen LogP contribution >= 0.6 is 0 Å². The lowest BCUT2D eigenvalue weighted by molar-refractivity contribution is 0.282. The molecule has 2 aromatic carbocycles. The summed E-state index contributed by atoms with van der Waals surface area (Å²) in [6.07, 6.45) is 0. The fraction of sp³-hybridized carbons (Fsp3) is 0.0714. The Hall–Kier alpha value is -2.33. The minimum atomic E-state index is -0.159. The Morgan fingerprint density at radius 3 is 2.50 bits per heavy atom. The molecule has 1 heterocycles. The summed E-state index contributed by atoms with van der Waals surface area (Å²) in [5.41, 5.74) is 3.11. The van der Waals surface area contributed by atoms with E-state index in [1.54, 1.807) is 4.57 Å². The predicted octanol–water partition coefficient (Wildman–Crippen LogP) is 1.81. The van der Waals surface area contributed by atoms with Gasteiger partial charge in [0.05, 0.1) is 23.3 Å². The van der Waals surface area contributed by atoms with E-state index in [4.69, 9.17) is 5.11 Å². The van der Waals surface area contributed by atoms with Gasteiger partial charge >= 0.3 is 5.69 Å². The third-order valence-corrected chi connectivity index (χ3v) is 2.97. The van der Waals surface area contributed by atoms with Crippen LogP contribution in [-0.2, 0) is 6.61 Å². The summed E-state index contributed by atoms with van der Waals surface area (Å²) < 4.78 is 1.62. The van der Waals surface area contributed by atoms with Gasteiger partial charge in [0.15, 0.2) is 0 Å². The van der Waals surface area contributed by atoms with Crippen molar-refractivity contribution in [3.05, 3.63) is 64.6 Å². The molecule has 0 aliphatic heterocycles. The lowest BCUT2D eigenvalue weighted by Gasteiger charge is -2.04. The van der Waals surface area contributed by atoms with Crippen molar-refractivity contribution in [3.63, 3.8) is 0 Å². The average molecular weight is 240 g/mol. The van der Waals surface area contributed by atoms with Crippen LogP contribution in [0.3, 0.4) is 0 Å². The topological polar surface area (TPSA) is 58.0 Å². The van der Waals surface area contributed by atoms with E-state index in [1.807, 2.05) is 48.5 Å². The molecule has 90 valence electrons. The number of aliphatic hydroxyl groups is 1. The van der Waals surface area contributed by atoms with Crippen molar-refractivity contribution in [1.82, 2.24) is 9.55 Å². The highest BCUT2D eigenvalue weighted by molar-refractivity contribution is 5.77. The van der Waals surface area contributed by atoms with E-state index in [0.717, 1.165) is 22.3 Å². The van der Waals surface area contributed by atoms with E-state index in [1.165, 1.54) is 0 Å². The van der Waals surface area contributed by atoms with Gasteiger partial charge in [0.1, 0.15) is 0 Å². The minimum Gasteiger partial charge on any atom is -0.392 e. The van der Waals surface area contributed by atoms with Gasteiger partial charge in [-0.05, 0) is 29.8 Å². The van der Waals surface area contributed by atoms with E-state index >= 15 is 0 Å². The van der Waals surface area contributed by atoms with Crippen molar-refractivity contribution in [2.45, 2.75) is 6.61 Å². The Bertz CT molecular complexity index is 738. The first-order valence-electron chi connectivity index (χ1n) is 5.69. The number of hydrogen-bond acceptors (Lipinski definition) is 2. The summed E-state index contributed by atoms with van der Waals surface area (Å²) in [4.78, 5) is 14.8. The highest BCUT2D eigenvalue weighted by Gasteiger charge is 2.07. The Balaban J connectivity index is 2.24. The van der Waals surface area contributed by atoms with Crippen molar-refractivity contribution in [2.24, 2.45) is 0 Å². The zero-order valence-corrected chi connectivity index (χ0v) is 9.63. The number of nitrogens with one attached hydrogen (secondary N) is 1. The number of aromatic nitrogens is 2. The molecule has 0 aliphatic carbocycles. The Morgan fingerprint density at radius 1 is 1.06 bits per heavy atom. The molecule has 3 aromatic rings. The first kappa shape index (κ1) is 10.8. The second-order valence-corrected chi connectivity index (χ2v) is 4.11. The zero-order valence-electron chi connectivity index (χ0n) is 9.63. The number of H-pyrrole nitrogens is 1. The number of nitrogens with zero attached hydrogens (tertiary/aromatic N) is 1. The van der Waals surface area contributed by atoms with Gasteiger partial charge < -0.3 is 10.1 Å². The first-order valence-corrected chi connectivity index (χ1v) is 5.69. The van der Waals surface area contributed by atoms with Gasteiger partial charge in [0.2, 0.25) is 0 Å². The standard InChI is InChI=1S/C14H12N2O2/c17-9-10-5-7-11(8-6-10)16-13-4-2-1-3-12(13)15-14(16)18/h1-8,17H,9H2,(H,15,18). The quantitative estimate of drug-likeness (QED) is 0.717. The lowest BCUT2D eigenvalue weighted by atomic mass is 10.2. The molecule has 18 heavy (non-hydrogen) atoms. The molecular weight excluding hydrogens is 228 g/mol. The molecule has 3 rings (SSSR count). The SMILES string of the molecule is O=c1[nH]c2ccccc2n1-c1ccc(CO)cc1. The summed E-state index contributed by atoms with van der Waals surface area (Å²) in [6.45, 7) is 0.00304.